The van der Waals surface area contributed by atoms with Crippen LogP contribution in [0.5, 0.6) is 0 Å². The molecule has 1 aromatic rings. The van der Waals surface area contributed by atoms with Gasteiger partial charge in [0.1, 0.15) is 6.04 Å². The van der Waals surface area contributed by atoms with Gasteiger partial charge in [-0.25, -0.2) is 4.79 Å². The lowest BCUT2D eigenvalue weighted by Crippen LogP contribution is -2.46. The van der Waals surface area contributed by atoms with Gasteiger partial charge in [-0.1, -0.05) is 38.3 Å². The fourth-order valence-corrected chi connectivity index (χ4v) is 4.61. The van der Waals surface area contributed by atoms with Gasteiger partial charge in [-0.2, -0.15) is 0 Å². The van der Waals surface area contributed by atoms with Gasteiger partial charge in [-0.15, -0.1) is 11.8 Å². The van der Waals surface area contributed by atoms with Gasteiger partial charge in [-0.3, -0.25) is 4.79 Å². The normalized spacial score (nSPS) is 20.6. The van der Waals surface area contributed by atoms with Crippen LogP contribution in [0.3, 0.4) is 0 Å². The Hall–Kier alpha value is -1.01. The second-order valence-corrected chi connectivity index (χ2v) is 7.58. The molecule has 23 heavy (non-hydrogen) atoms. The first-order valence-electron chi connectivity index (χ1n) is 7.86. The Kier molecular flexibility index (Phi) is 6.96. The third-order valence-electron chi connectivity index (χ3n) is 3.96. The molecule has 2 atom stereocenters. The zero-order valence-electron chi connectivity index (χ0n) is 13.5. The molecule has 2 unspecified atom stereocenters. The molecule has 2 rings (SSSR count). The van der Waals surface area contributed by atoms with Gasteiger partial charge < -0.3 is 9.64 Å². The van der Waals surface area contributed by atoms with Crippen molar-refractivity contribution in [1.82, 2.24) is 4.90 Å². The van der Waals surface area contributed by atoms with Crippen LogP contribution in [0.25, 0.3) is 0 Å². The Bertz CT molecular complexity index is 567. The number of hydrogen-bond donors (Lipinski definition) is 0. The minimum Gasteiger partial charge on any atom is -0.467 e. The van der Waals surface area contributed by atoms with E-state index in [9.17, 15) is 9.59 Å². The minimum absolute atomic E-state index is 0.0326. The molecule has 1 fully saturated rings. The second-order valence-electron chi connectivity index (χ2n) is 5.51. The van der Waals surface area contributed by atoms with E-state index in [2.05, 4.69) is 22.9 Å². The Labute approximate surface area is 150 Å². The minimum atomic E-state index is -0.503. The van der Waals surface area contributed by atoms with Crippen LogP contribution in [0.15, 0.2) is 28.7 Å². The number of carbonyl (C=O) groups excluding carboxylic acids is 2. The fraction of sp³-hybridized carbons (Fsp3) is 0.529. The summed E-state index contributed by atoms with van der Waals surface area (Å²) in [5.74, 6) is 0.148. The van der Waals surface area contributed by atoms with E-state index < -0.39 is 6.04 Å². The average Bonchev–Trinajstić information content (AvgIpc) is 2.98. The van der Waals surface area contributed by atoms with E-state index in [0.717, 1.165) is 30.2 Å². The monoisotopic (exact) mass is 399 g/mol. The summed E-state index contributed by atoms with van der Waals surface area (Å²) in [5, 5.41) is 0.0326. The van der Waals surface area contributed by atoms with Crippen LogP contribution in [-0.4, -0.2) is 41.1 Å². The van der Waals surface area contributed by atoms with Crippen molar-refractivity contribution in [2.24, 2.45) is 0 Å². The fourth-order valence-electron chi connectivity index (χ4n) is 2.72. The topological polar surface area (TPSA) is 46.6 Å². The number of nitrogens with zero attached hydrogens (tertiary/aromatic N) is 1. The molecular formula is C17H22BrNO3S. The van der Waals surface area contributed by atoms with Crippen LogP contribution in [-0.2, 0) is 9.53 Å². The van der Waals surface area contributed by atoms with Crippen molar-refractivity contribution in [1.29, 1.82) is 0 Å². The molecule has 1 aromatic carbocycles. The lowest BCUT2D eigenvalue weighted by molar-refractivity contribution is -0.145. The van der Waals surface area contributed by atoms with Gasteiger partial charge in [-0.05, 0) is 34.5 Å². The van der Waals surface area contributed by atoms with E-state index in [-0.39, 0.29) is 17.3 Å². The van der Waals surface area contributed by atoms with Crippen molar-refractivity contribution in [3.63, 3.8) is 0 Å². The Balaban J connectivity index is 2.24. The number of benzene rings is 1. The van der Waals surface area contributed by atoms with Gasteiger partial charge in [0.15, 0.2) is 0 Å². The summed E-state index contributed by atoms with van der Waals surface area (Å²) in [6.45, 7) is 2.16. The van der Waals surface area contributed by atoms with Gasteiger partial charge in [0.05, 0.1) is 18.0 Å². The summed E-state index contributed by atoms with van der Waals surface area (Å²) in [4.78, 5) is 26.8. The van der Waals surface area contributed by atoms with Crippen LogP contribution in [0.4, 0.5) is 0 Å². The number of unbranched alkanes of at least 4 members (excludes halogenated alkanes) is 2. The molecule has 0 aromatic heterocycles. The van der Waals surface area contributed by atoms with Crippen LogP contribution in [0, 0.1) is 0 Å². The van der Waals surface area contributed by atoms with Gasteiger partial charge in [0.2, 0.25) is 0 Å². The van der Waals surface area contributed by atoms with Gasteiger partial charge in [0.25, 0.3) is 5.91 Å². The molecular weight excluding hydrogens is 378 g/mol. The molecule has 1 heterocycles. The molecule has 6 heteroatoms. The maximum Gasteiger partial charge on any atom is 0.329 e. The first-order chi connectivity index (χ1) is 11.1. The Morgan fingerprint density at radius 2 is 2.09 bits per heavy atom. The predicted octanol–water partition coefficient (Wildman–Crippen LogP) is 4.09. The Morgan fingerprint density at radius 3 is 2.74 bits per heavy atom. The van der Waals surface area contributed by atoms with Crippen molar-refractivity contribution in [3.8, 4) is 0 Å². The quantitative estimate of drug-likeness (QED) is 0.533. The smallest absolute Gasteiger partial charge is 0.329 e. The molecule has 0 saturated carbocycles. The summed E-state index contributed by atoms with van der Waals surface area (Å²) in [7, 11) is 1.37. The number of hydrogen-bond acceptors (Lipinski definition) is 4. The molecule has 1 saturated heterocycles. The molecule has 4 nitrogen and oxygen atoms in total. The number of rotatable bonds is 6. The largest absolute Gasteiger partial charge is 0.467 e. The highest BCUT2D eigenvalue weighted by Crippen LogP contribution is 2.35. The number of halogens is 1. The molecule has 1 aliphatic rings. The standard InChI is InChI=1S/C17H22BrNO3S/c1-3-4-5-10-15-19(14(11-23-15)17(21)22-2)16(20)12-8-6-7-9-13(12)18/h6-9,14-15H,3-5,10-11H2,1-2H3. The lowest BCUT2D eigenvalue weighted by Gasteiger charge is -2.28. The van der Waals surface area contributed by atoms with Crippen LogP contribution in [0.2, 0.25) is 0 Å². The first kappa shape index (κ1) is 18.3. The summed E-state index contributed by atoms with van der Waals surface area (Å²) in [6, 6.07) is 6.83. The van der Waals surface area contributed by atoms with E-state index in [1.54, 1.807) is 22.7 Å². The highest BCUT2D eigenvalue weighted by molar-refractivity contribution is 9.10. The average molecular weight is 400 g/mol. The number of carbonyl (C=O) groups is 2. The lowest BCUT2D eigenvalue weighted by atomic mass is 10.1. The molecule has 0 radical (unpaired) electrons. The van der Waals surface area contributed by atoms with Crippen molar-refractivity contribution in [2.75, 3.05) is 12.9 Å². The number of methoxy groups -OCH3 is 1. The summed E-state index contributed by atoms with van der Waals surface area (Å²) < 4.78 is 5.64. The third kappa shape index (κ3) is 4.29. The predicted molar refractivity (Wildman–Crippen MR) is 96.5 cm³/mol. The zero-order chi connectivity index (χ0) is 16.8. The number of ether oxygens (including phenoxy) is 1. The van der Waals surface area contributed by atoms with Crippen LogP contribution in [0.1, 0.15) is 43.0 Å². The molecule has 0 N–H and O–H groups in total. The number of esters is 1. The van der Waals surface area contributed by atoms with Crippen molar-refractivity contribution in [3.05, 3.63) is 34.3 Å². The summed E-state index contributed by atoms with van der Waals surface area (Å²) >= 11 is 5.10. The molecule has 0 bridgehead atoms. The Morgan fingerprint density at radius 1 is 1.35 bits per heavy atom. The van der Waals surface area contributed by atoms with Crippen LogP contribution >= 0.6 is 27.7 Å². The van der Waals surface area contributed by atoms with Crippen molar-refractivity contribution >= 4 is 39.6 Å². The van der Waals surface area contributed by atoms with E-state index in [1.807, 2.05) is 18.2 Å². The maximum absolute atomic E-state index is 13.0. The molecule has 1 amide bonds. The molecule has 0 spiro atoms. The summed E-state index contributed by atoms with van der Waals surface area (Å²) in [5.41, 5.74) is 0.587. The maximum atomic E-state index is 13.0. The molecule has 0 aliphatic carbocycles. The van der Waals surface area contributed by atoms with Crippen LogP contribution < -0.4 is 0 Å². The SMILES string of the molecule is CCCCCC1SCC(C(=O)OC)N1C(=O)c1ccccc1Br. The van der Waals surface area contributed by atoms with Crippen molar-refractivity contribution < 1.29 is 14.3 Å². The highest BCUT2D eigenvalue weighted by atomic mass is 79.9. The second kappa shape index (κ2) is 8.73. The molecule has 1 aliphatic heterocycles. The van der Waals surface area contributed by atoms with Gasteiger partial charge >= 0.3 is 5.97 Å². The number of thioether (sulfide) groups is 1. The zero-order valence-corrected chi connectivity index (χ0v) is 15.9. The highest BCUT2D eigenvalue weighted by Gasteiger charge is 2.42. The number of amides is 1. The van der Waals surface area contributed by atoms with E-state index >= 15 is 0 Å². The van der Waals surface area contributed by atoms with Gasteiger partial charge in [0, 0.05) is 10.2 Å². The van der Waals surface area contributed by atoms with E-state index in [0.29, 0.717) is 11.3 Å². The summed E-state index contributed by atoms with van der Waals surface area (Å²) in [6.07, 6.45) is 4.23. The van der Waals surface area contributed by atoms with E-state index in [4.69, 9.17) is 4.74 Å². The first-order valence-corrected chi connectivity index (χ1v) is 9.71. The van der Waals surface area contributed by atoms with E-state index in [1.165, 1.54) is 7.11 Å². The molecule has 126 valence electrons. The third-order valence-corrected chi connectivity index (χ3v) is 6.01. The van der Waals surface area contributed by atoms with Crippen molar-refractivity contribution in [2.45, 2.75) is 44.0 Å².